The maximum absolute atomic E-state index is 12.6. The summed E-state index contributed by atoms with van der Waals surface area (Å²) < 4.78 is 18.5. The average Bonchev–Trinajstić information content (AvgIpc) is 3.49. The molecule has 0 spiro atoms. The topological polar surface area (TPSA) is 87.5 Å². The quantitative estimate of drug-likeness (QED) is 0.373. The van der Waals surface area contributed by atoms with Crippen molar-refractivity contribution in [1.82, 2.24) is 14.8 Å². The molecule has 0 fully saturated rings. The number of rotatable bonds is 8. The van der Waals surface area contributed by atoms with Crippen LogP contribution in [0.5, 0.6) is 17.2 Å². The fourth-order valence-electron chi connectivity index (χ4n) is 3.41. The monoisotopic (exact) mass is 474 g/mol. The highest BCUT2D eigenvalue weighted by atomic mass is 32.2. The number of benzene rings is 3. The molecule has 1 amide bonds. The molecule has 1 aliphatic rings. The summed E-state index contributed by atoms with van der Waals surface area (Å²) in [5.74, 6) is 2.68. The third kappa shape index (κ3) is 4.99. The Morgan fingerprint density at radius 2 is 1.82 bits per heavy atom. The van der Waals surface area contributed by atoms with E-state index >= 15 is 0 Å². The summed E-state index contributed by atoms with van der Waals surface area (Å²) in [7, 11) is 0. The third-order valence-electron chi connectivity index (χ3n) is 5.09. The molecule has 0 saturated heterocycles. The Kier molecular flexibility index (Phi) is 6.35. The number of hydrogen-bond acceptors (Lipinski definition) is 7. The number of ether oxygens (including phenoxy) is 3. The Balaban J connectivity index is 1.30. The molecule has 8 nitrogen and oxygen atoms in total. The second kappa shape index (κ2) is 9.88. The Bertz CT molecular complexity index is 1290. The van der Waals surface area contributed by atoms with Crippen molar-refractivity contribution in [3.05, 3.63) is 84.2 Å². The lowest BCUT2D eigenvalue weighted by Crippen LogP contribution is -2.14. The van der Waals surface area contributed by atoms with Gasteiger partial charge in [0.1, 0.15) is 12.4 Å². The molecule has 0 unspecified atom stereocenters. The van der Waals surface area contributed by atoms with Crippen molar-refractivity contribution in [3.8, 4) is 22.9 Å². The predicted molar refractivity (Wildman–Crippen MR) is 129 cm³/mol. The zero-order chi connectivity index (χ0) is 23.3. The molecule has 0 bridgehead atoms. The first-order valence-electron chi connectivity index (χ1n) is 10.7. The van der Waals surface area contributed by atoms with Gasteiger partial charge in [0.25, 0.3) is 0 Å². The number of nitrogens with one attached hydrogen (secondary N) is 1. The van der Waals surface area contributed by atoms with E-state index < -0.39 is 0 Å². The largest absolute Gasteiger partial charge is 0.486 e. The summed E-state index contributed by atoms with van der Waals surface area (Å²) in [4.78, 5) is 12.6. The summed E-state index contributed by atoms with van der Waals surface area (Å²) in [5, 5.41) is 12.2. The van der Waals surface area contributed by atoms with Crippen LogP contribution in [0.15, 0.2) is 78.0 Å². The first-order chi connectivity index (χ1) is 16.7. The van der Waals surface area contributed by atoms with Crippen molar-refractivity contribution in [2.24, 2.45) is 0 Å². The van der Waals surface area contributed by atoms with Crippen LogP contribution in [0.25, 0.3) is 5.69 Å². The number of aryl methyl sites for hydroxylation is 1. The minimum absolute atomic E-state index is 0.163. The highest BCUT2D eigenvalue weighted by molar-refractivity contribution is 7.99. The number of thioether (sulfide) groups is 1. The Morgan fingerprint density at radius 1 is 1.03 bits per heavy atom. The smallest absolute Gasteiger partial charge is 0.234 e. The molecule has 34 heavy (non-hydrogen) atoms. The lowest BCUT2D eigenvalue weighted by Gasteiger charge is -2.12. The first-order valence-corrected chi connectivity index (χ1v) is 11.7. The van der Waals surface area contributed by atoms with Gasteiger partial charge in [0.2, 0.25) is 12.7 Å². The van der Waals surface area contributed by atoms with Crippen molar-refractivity contribution in [2.45, 2.75) is 18.7 Å². The minimum Gasteiger partial charge on any atom is -0.486 e. The van der Waals surface area contributed by atoms with Crippen molar-refractivity contribution in [2.75, 3.05) is 17.9 Å². The standard InChI is InChI=1S/C25H22N4O4S/c1-17-7-10-19(11-8-17)29-23(14-31-20-5-3-2-4-6-20)27-28-25(29)34-15-24(30)26-18-9-12-21-22(13-18)33-16-32-21/h2-13H,14-16H2,1H3,(H,26,30). The van der Waals surface area contributed by atoms with Crippen LogP contribution >= 0.6 is 11.8 Å². The molecule has 9 heteroatoms. The van der Waals surface area contributed by atoms with E-state index in [2.05, 4.69) is 15.5 Å². The molecule has 1 N–H and O–H groups in total. The van der Waals surface area contributed by atoms with Gasteiger partial charge >= 0.3 is 0 Å². The van der Waals surface area contributed by atoms with Gasteiger partial charge in [0, 0.05) is 17.4 Å². The fraction of sp³-hybridized carbons (Fsp3) is 0.160. The summed E-state index contributed by atoms with van der Waals surface area (Å²) in [6.07, 6.45) is 0. The van der Waals surface area contributed by atoms with Crippen LogP contribution in [-0.4, -0.2) is 33.2 Å². The average molecular weight is 475 g/mol. The summed E-state index contributed by atoms with van der Waals surface area (Å²) in [5.41, 5.74) is 2.70. The molecule has 1 aliphatic heterocycles. The molecular weight excluding hydrogens is 452 g/mol. The van der Waals surface area contributed by atoms with Crippen LogP contribution < -0.4 is 19.5 Å². The van der Waals surface area contributed by atoms with Crippen LogP contribution in [0.3, 0.4) is 0 Å². The van der Waals surface area contributed by atoms with E-state index in [0.717, 1.165) is 17.0 Å². The van der Waals surface area contributed by atoms with Gasteiger partial charge in [-0.15, -0.1) is 10.2 Å². The fourth-order valence-corrected chi connectivity index (χ4v) is 4.18. The number of aromatic nitrogens is 3. The van der Waals surface area contributed by atoms with E-state index in [4.69, 9.17) is 14.2 Å². The lowest BCUT2D eigenvalue weighted by atomic mass is 10.2. The zero-order valence-corrected chi connectivity index (χ0v) is 19.2. The van der Waals surface area contributed by atoms with Gasteiger partial charge in [-0.2, -0.15) is 0 Å². The second-order valence-corrected chi connectivity index (χ2v) is 8.52. The van der Waals surface area contributed by atoms with Crippen LogP contribution in [-0.2, 0) is 11.4 Å². The molecule has 1 aromatic heterocycles. The highest BCUT2D eigenvalue weighted by Gasteiger charge is 2.18. The van der Waals surface area contributed by atoms with E-state index in [9.17, 15) is 4.79 Å². The Labute approximate surface area is 200 Å². The predicted octanol–water partition coefficient (Wildman–Crippen LogP) is 4.61. The molecule has 2 heterocycles. The molecular formula is C25H22N4O4S. The van der Waals surface area contributed by atoms with Gasteiger partial charge in [0.15, 0.2) is 22.5 Å². The molecule has 4 aromatic rings. The van der Waals surface area contributed by atoms with Gasteiger partial charge in [-0.25, -0.2) is 0 Å². The summed E-state index contributed by atoms with van der Waals surface area (Å²) >= 11 is 1.31. The maximum atomic E-state index is 12.6. The number of amides is 1. The minimum atomic E-state index is -0.163. The van der Waals surface area contributed by atoms with E-state index in [1.807, 2.05) is 66.1 Å². The molecule has 0 aliphatic carbocycles. The summed E-state index contributed by atoms with van der Waals surface area (Å²) in [6.45, 7) is 2.47. The van der Waals surface area contributed by atoms with Gasteiger partial charge in [-0.3, -0.25) is 9.36 Å². The third-order valence-corrected chi connectivity index (χ3v) is 6.02. The normalized spacial score (nSPS) is 11.9. The Morgan fingerprint density at radius 3 is 2.65 bits per heavy atom. The zero-order valence-electron chi connectivity index (χ0n) is 18.4. The maximum Gasteiger partial charge on any atom is 0.234 e. The first kappa shape index (κ1) is 21.8. The molecule has 0 radical (unpaired) electrons. The number of hydrogen-bond donors (Lipinski definition) is 1. The number of carbonyl (C=O) groups is 1. The summed E-state index contributed by atoms with van der Waals surface area (Å²) in [6, 6.07) is 22.9. The van der Waals surface area contributed by atoms with Gasteiger partial charge in [-0.05, 0) is 43.3 Å². The van der Waals surface area contributed by atoms with Crippen molar-refractivity contribution in [3.63, 3.8) is 0 Å². The number of fused-ring (bicyclic) bond motifs is 1. The van der Waals surface area contributed by atoms with Crippen LogP contribution in [0.1, 0.15) is 11.4 Å². The van der Waals surface area contributed by atoms with Crippen molar-refractivity contribution in [1.29, 1.82) is 0 Å². The lowest BCUT2D eigenvalue weighted by molar-refractivity contribution is -0.113. The van der Waals surface area contributed by atoms with Crippen LogP contribution in [0, 0.1) is 6.92 Å². The van der Waals surface area contributed by atoms with Gasteiger partial charge in [-0.1, -0.05) is 47.7 Å². The number of nitrogens with zero attached hydrogens (tertiary/aromatic N) is 3. The van der Waals surface area contributed by atoms with E-state index in [1.165, 1.54) is 11.8 Å². The number of para-hydroxylation sites is 1. The second-order valence-electron chi connectivity index (χ2n) is 7.58. The van der Waals surface area contributed by atoms with E-state index in [1.54, 1.807) is 18.2 Å². The van der Waals surface area contributed by atoms with Crippen molar-refractivity contribution < 1.29 is 19.0 Å². The van der Waals surface area contributed by atoms with Crippen LogP contribution in [0.2, 0.25) is 0 Å². The molecule has 5 rings (SSSR count). The van der Waals surface area contributed by atoms with Gasteiger partial charge < -0.3 is 19.5 Å². The highest BCUT2D eigenvalue weighted by Crippen LogP contribution is 2.34. The van der Waals surface area contributed by atoms with Crippen LogP contribution in [0.4, 0.5) is 5.69 Å². The Hall–Kier alpha value is -3.98. The molecule has 0 atom stereocenters. The number of carbonyl (C=O) groups excluding carboxylic acids is 1. The molecule has 172 valence electrons. The molecule has 0 saturated carbocycles. The van der Waals surface area contributed by atoms with E-state index in [-0.39, 0.29) is 25.1 Å². The van der Waals surface area contributed by atoms with Crippen molar-refractivity contribution >= 4 is 23.4 Å². The van der Waals surface area contributed by atoms with E-state index in [0.29, 0.717) is 28.2 Å². The van der Waals surface area contributed by atoms with Gasteiger partial charge in [0.05, 0.1) is 5.75 Å². The number of anilines is 1. The molecule has 3 aromatic carbocycles. The SMILES string of the molecule is Cc1ccc(-n2c(COc3ccccc3)nnc2SCC(=O)Nc2ccc3c(c2)OCO3)cc1.